The first kappa shape index (κ1) is 13.8. The van der Waals surface area contributed by atoms with E-state index in [1.165, 1.54) is 25.3 Å². The van der Waals surface area contributed by atoms with Crippen LogP contribution in [0.1, 0.15) is 38.3 Å². The third kappa shape index (κ3) is 4.23. The van der Waals surface area contributed by atoms with Crippen LogP contribution in [-0.2, 0) is 11.2 Å². The lowest BCUT2D eigenvalue weighted by molar-refractivity contribution is -0.122. The number of rotatable bonds is 7. The van der Waals surface area contributed by atoms with E-state index in [1.54, 1.807) is 6.07 Å². The van der Waals surface area contributed by atoms with Gasteiger partial charge in [0.2, 0.25) is 11.5 Å². The van der Waals surface area contributed by atoms with Crippen molar-refractivity contribution in [3.05, 3.63) is 34.2 Å². The molecule has 1 aromatic rings. The predicted molar refractivity (Wildman–Crippen MR) is 74.9 cm³/mol. The van der Waals surface area contributed by atoms with E-state index in [2.05, 4.69) is 17.2 Å². The second-order valence-electron chi connectivity index (χ2n) is 5.33. The maximum atomic E-state index is 11.9. The number of nitrogens with one attached hydrogen (secondary N) is 2. The Kier molecular flexibility index (Phi) is 4.77. The van der Waals surface area contributed by atoms with E-state index in [4.69, 9.17) is 0 Å². The Morgan fingerprint density at radius 3 is 3.05 bits per heavy atom. The summed E-state index contributed by atoms with van der Waals surface area (Å²) in [6, 6.07) is 5.09. The van der Waals surface area contributed by atoms with Crippen LogP contribution in [0.3, 0.4) is 0 Å². The van der Waals surface area contributed by atoms with Gasteiger partial charge in [0.15, 0.2) is 0 Å². The number of hydrogen-bond acceptors (Lipinski definition) is 2. The zero-order valence-corrected chi connectivity index (χ0v) is 11.4. The fourth-order valence-electron chi connectivity index (χ4n) is 2.44. The first-order valence-electron chi connectivity index (χ1n) is 7.16. The SMILES string of the molecule is CCCC[C@@H]1C[C@@H]1C(=O)NCCc1cccc(=O)[nH]1. The molecule has 1 aliphatic rings. The van der Waals surface area contributed by atoms with Gasteiger partial charge in [0, 0.05) is 30.6 Å². The molecule has 1 fully saturated rings. The summed E-state index contributed by atoms with van der Waals surface area (Å²) in [5, 5.41) is 2.96. The zero-order valence-electron chi connectivity index (χ0n) is 11.4. The van der Waals surface area contributed by atoms with Crippen LogP contribution in [0.4, 0.5) is 0 Å². The van der Waals surface area contributed by atoms with Crippen LogP contribution in [0.15, 0.2) is 23.0 Å². The van der Waals surface area contributed by atoms with Crippen molar-refractivity contribution in [2.75, 3.05) is 6.54 Å². The minimum absolute atomic E-state index is 0.0920. The van der Waals surface area contributed by atoms with Crippen molar-refractivity contribution >= 4 is 5.91 Å². The van der Waals surface area contributed by atoms with Gasteiger partial charge in [0.1, 0.15) is 0 Å². The number of aromatic nitrogens is 1. The second-order valence-corrected chi connectivity index (χ2v) is 5.33. The van der Waals surface area contributed by atoms with Crippen molar-refractivity contribution in [3.8, 4) is 0 Å². The average molecular weight is 262 g/mol. The molecule has 0 unspecified atom stereocenters. The molecule has 0 aromatic carbocycles. The van der Waals surface area contributed by atoms with E-state index >= 15 is 0 Å². The summed E-state index contributed by atoms with van der Waals surface area (Å²) >= 11 is 0. The van der Waals surface area contributed by atoms with Crippen molar-refractivity contribution in [1.82, 2.24) is 10.3 Å². The van der Waals surface area contributed by atoms with E-state index in [0.717, 1.165) is 12.1 Å². The Morgan fingerprint density at radius 1 is 1.47 bits per heavy atom. The molecule has 0 aliphatic heterocycles. The van der Waals surface area contributed by atoms with Crippen LogP contribution < -0.4 is 10.9 Å². The first-order valence-corrected chi connectivity index (χ1v) is 7.16. The Hall–Kier alpha value is -1.58. The van der Waals surface area contributed by atoms with Crippen LogP contribution in [0.25, 0.3) is 0 Å². The van der Waals surface area contributed by atoms with E-state index in [-0.39, 0.29) is 17.4 Å². The third-order valence-electron chi connectivity index (χ3n) is 3.71. The minimum Gasteiger partial charge on any atom is -0.355 e. The zero-order chi connectivity index (χ0) is 13.7. The highest BCUT2D eigenvalue weighted by atomic mass is 16.2. The van der Waals surface area contributed by atoms with Crippen LogP contribution in [0.5, 0.6) is 0 Å². The Morgan fingerprint density at radius 2 is 2.32 bits per heavy atom. The number of aromatic amines is 1. The van der Waals surface area contributed by atoms with E-state index < -0.39 is 0 Å². The highest BCUT2D eigenvalue weighted by molar-refractivity contribution is 5.81. The standard InChI is InChI=1S/C15H22N2O2/c1-2-3-5-11-10-13(11)15(19)16-9-8-12-6-4-7-14(18)17-12/h4,6-7,11,13H,2-3,5,8-10H2,1H3,(H,16,19)(H,17,18)/t11-,13+/m1/s1. The van der Waals surface area contributed by atoms with Gasteiger partial charge >= 0.3 is 0 Å². The molecule has 0 radical (unpaired) electrons. The van der Waals surface area contributed by atoms with Crippen molar-refractivity contribution < 1.29 is 4.79 Å². The molecule has 1 saturated carbocycles. The summed E-state index contributed by atoms with van der Waals surface area (Å²) in [4.78, 5) is 25.7. The van der Waals surface area contributed by atoms with Crippen LogP contribution >= 0.6 is 0 Å². The number of amides is 1. The normalized spacial score (nSPS) is 21.1. The minimum atomic E-state index is -0.0920. The Labute approximate surface area is 113 Å². The molecule has 1 aliphatic carbocycles. The molecule has 0 bridgehead atoms. The van der Waals surface area contributed by atoms with E-state index in [1.807, 2.05) is 6.07 Å². The molecule has 4 heteroatoms. The van der Waals surface area contributed by atoms with Gasteiger partial charge in [0.05, 0.1) is 0 Å². The summed E-state index contributed by atoms with van der Waals surface area (Å²) in [6.45, 7) is 2.77. The van der Waals surface area contributed by atoms with Crippen molar-refractivity contribution in [1.29, 1.82) is 0 Å². The molecule has 1 heterocycles. The van der Waals surface area contributed by atoms with Gasteiger partial charge in [0.25, 0.3) is 0 Å². The summed E-state index contributed by atoms with van der Waals surface area (Å²) in [7, 11) is 0. The monoisotopic (exact) mass is 262 g/mol. The van der Waals surface area contributed by atoms with Crippen LogP contribution in [-0.4, -0.2) is 17.4 Å². The van der Waals surface area contributed by atoms with Gasteiger partial charge < -0.3 is 10.3 Å². The molecule has 0 spiro atoms. The summed E-state index contributed by atoms with van der Waals surface area (Å²) in [5.74, 6) is 1.03. The molecular weight excluding hydrogens is 240 g/mol. The van der Waals surface area contributed by atoms with E-state index in [0.29, 0.717) is 18.9 Å². The van der Waals surface area contributed by atoms with Crippen molar-refractivity contribution in [3.63, 3.8) is 0 Å². The number of unbranched alkanes of at least 4 members (excludes halogenated alkanes) is 1. The number of carbonyl (C=O) groups excluding carboxylic acids is 1. The number of carbonyl (C=O) groups is 1. The number of hydrogen-bond donors (Lipinski definition) is 2. The Bertz CT molecular complexity index is 481. The highest BCUT2D eigenvalue weighted by Gasteiger charge is 2.41. The van der Waals surface area contributed by atoms with Gasteiger partial charge in [-0.2, -0.15) is 0 Å². The molecule has 1 aromatic heterocycles. The third-order valence-corrected chi connectivity index (χ3v) is 3.71. The average Bonchev–Trinajstić information content (AvgIpc) is 3.16. The molecule has 104 valence electrons. The van der Waals surface area contributed by atoms with Gasteiger partial charge in [-0.1, -0.05) is 25.8 Å². The maximum Gasteiger partial charge on any atom is 0.248 e. The summed E-state index contributed by atoms with van der Waals surface area (Å²) in [6.07, 6.45) is 5.33. The molecule has 2 rings (SSSR count). The maximum absolute atomic E-state index is 11.9. The molecule has 19 heavy (non-hydrogen) atoms. The molecule has 1 amide bonds. The molecule has 4 nitrogen and oxygen atoms in total. The molecule has 0 saturated heterocycles. The lowest BCUT2D eigenvalue weighted by Crippen LogP contribution is -2.28. The fourth-order valence-corrected chi connectivity index (χ4v) is 2.44. The molecule has 2 N–H and O–H groups in total. The highest BCUT2D eigenvalue weighted by Crippen LogP contribution is 2.42. The van der Waals surface area contributed by atoms with Gasteiger partial charge in [-0.25, -0.2) is 0 Å². The summed E-state index contributed by atoms with van der Waals surface area (Å²) < 4.78 is 0. The number of pyridine rings is 1. The Balaban J connectivity index is 1.66. The lowest BCUT2D eigenvalue weighted by atomic mass is 10.1. The largest absolute Gasteiger partial charge is 0.355 e. The quantitative estimate of drug-likeness (QED) is 0.788. The smallest absolute Gasteiger partial charge is 0.248 e. The van der Waals surface area contributed by atoms with Crippen molar-refractivity contribution in [2.24, 2.45) is 11.8 Å². The number of H-pyrrole nitrogens is 1. The topological polar surface area (TPSA) is 62.0 Å². The van der Waals surface area contributed by atoms with Gasteiger partial charge in [-0.15, -0.1) is 0 Å². The van der Waals surface area contributed by atoms with E-state index in [9.17, 15) is 9.59 Å². The van der Waals surface area contributed by atoms with Gasteiger partial charge in [-0.3, -0.25) is 9.59 Å². The van der Waals surface area contributed by atoms with Crippen LogP contribution in [0, 0.1) is 11.8 Å². The fraction of sp³-hybridized carbons (Fsp3) is 0.600. The summed E-state index contributed by atoms with van der Waals surface area (Å²) in [5.41, 5.74) is 0.775. The molecule has 2 atom stereocenters. The second kappa shape index (κ2) is 6.55. The predicted octanol–water partition coefficient (Wildman–Crippen LogP) is 1.86. The lowest BCUT2D eigenvalue weighted by Gasteiger charge is -2.05. The van der Waals surface area contributed by atoms with Gasteiger partial charge in [-0.05, 0) is 24.8 Å². The first-order chi connectivity index (χ1) is 9.20. The van der Waals surface area contributed by atoms with Crippen LogP contribution in [0.2, 0.25) is 0 Å². The van der Waals surface area contributed by atoms with Crippen molar-refractivity contribution in [2.45, 2.75) is 39.0 Å². The molecular formula is C15H22N2O2.